The van der Waals surface area contributed by atoms with Gasteiger partial charge in [0.1, 0.15) is 0 Å². The lowest BCUT2D eigenvalue weighted by atomic mass is 10.0. The average Bonchev–Trinajstić information content (AvgIpc) is 2.69. The molecule has 1 heterocycles. The molecule has 0 fully saturated rings. The van der Waals surface area contributed by atoms with Gasteiger partial charge in [0.2, 0.25) is 0 Å². The van der Waals surface area contributed by atoms with E-state index in [4.69, 9.17) is 9.05 Å². The van der Waals surface area contributed by atoms with E-state index < -0.39 is 8.09 Å². The smallest absolute Gasteiger partial charge is 0.431 e. The number of anilines is 1. The zero-order valence-corrected chi connectivity index (χ0v) is 13.1. The van der Waals surface area contributed by atoms with Gasteiger partial charge in [0.05, 0.1) is 5.69 Å². The second-order valence-corrected chi connectivity index (χ2v) is 6.73. The maximum Gasteiger partial charge on any atom is 0.431 e. The molecule has 0 unspecified atom stereocenters. The van der Waals surface area contributed by atoms with Gasteiger partial charge in [-0.25, -0.2) is 0 Å². The number of rotatable bonds is 2. The van der Waals surface area contributed by atoms with Crippen molar-refractivity contribution < 1.29 is 13.9 Å². The Kier molecular flexibility index (Phi) is 3.41. The first kappa shape index (κ1) is 14.1. The number of benzene rings is 3. The van der Waals surface area contributed by atoms with E-state index in [1.807, 2.05) is 66.7 Å². The zero-order valence-electron chi connectivity index (χ0n) is 12.2. The Morgan fingerprint density at radius 1 is 0.652 bits per heavy atom. The molecule has 1 aliphatic heterocycles. The summed E-state index contributed by atoms with van der Waals surface area (Å²) in [5.41, 5.74) is 2.39. The highest BCUT2D eigenvalue weighted by atomic mass is 31.2. The third kappa shape index (κ3) is 2.74. The minimum atomic E-state index is -3.59. The van der Waals surface area contributed by atoms with Gasteiger partial charge in [-0.05, 0) is 24.3 Å². The number of fused-ring (bicyclic) bond motifs is 3. The molecular weight excluding hydrogens is 309 g/mol. The van der Waals surface area contributed by atoms with Crippen molar-refractivity contribution in [2.24, 2.45) is 0 Å². The Morgan fingerprint density at radius 2 is 1.13 bits per heavy atom. The van der Waals surface area contributed by atoms with Gasteiger partial charge in [0.25, 0.3) is 0 Å². The summed E-state index contributed by atoms with van der Waals surface area (Å²) in [6.45, 7) is 0. The third-order valence-electron chi connectivity index (χ3n) is 3.54. The summed E-state index contributed by atoms with van der Waals surface area (Å²) >= 11 is 0. The molecule has 23 heavy (non-hydrogen) atoms. The van der Waals surface area contributed by atoms with Gasteiger partial charge in [0.15, 0.2) is 11.5 Å². The van der Waals surface area contributed by atoms with E-state index in [2.05, 4.69) is 5.09 Å². The predicted molar refractivity (Wildman–Crippen MR) is 90.1 cm³/mol. The molecule has 1 N–H and O–H groups in total. The van der Waals surface area contributed by atoms with Crippen molar-refractivity contribution in [1.82, 2.24) is 0 Å². The van der Waals surface area contributed by atoms with Crippen molar-refractivity contribution >= 4 is 13.8 Å². The molecule has 1 aliphatic rings. The van der Waals surface area contributed by atoms with E-state index in [0.717, 1.165) is 11.1 Å². The van der Waals surface area contributed by atoms with Crippen LogP contribution >= 0.6 is 8.09 Å². The van der Waals surface area contributed by atoms with E-state index in [-0.39, 0.29) is 0 Å². The summed E-state index contributed by atoms with van der Waals surface area (Å²) in [6.07, 6.45) is 0. The lowest BCUT2D eigenvalue weighted by molar-refractivity contribution is -0.200. The molecular formula is C18H14NO3P. The monoisotopic (exact) mass is 323 g/mol. The Labute approximate surface area is 135 Å². The van der Waals surface area contributed by atoms with Crippen LogP contribution in [0.15, 0.2) is 78.9 Å². The topological polar surface area (TPSA) is 53.5 Å². The largest absolute Gasteiger partial charge is 0.597 e. The molecule has 3 aromatic rings. The number of hydrogen-bond acceptors (Lipinski definition) is 4. The molecule has 3 aromatic carbocycles. The first-order valence-electron chi connectivity index (χ1n) is 7.24. The SMILES string of the molecule is [O-][P+]1(Nc2ccccc2)Oc2ccccc2-c2ccccc2O1. The van der Waals surface area contributed by atoms with E-state index >= 15 is 0 Å². The van der Waals surface area contributed by atoms with E-state index in [0.29, 0.717) is 17.2 Å². The van der Waals surface area contributed by atoms with Gasteiger partial charge in [-0.3, -0.25) is 9.05 Å². The predicted octanol–water partition coefficient (Wildman–Crippen LogP) is 4.27. The molecule has 0 bridgehead atoms. The van der Waals surface area contributed by atoms with Crippen LogP contribution in [-0.4, -0.2) is 0 Å². The molecule has 0 saturated heterocycles. The van der Waals surface area contributed by atoms with Gasteiger partial charge in [-0.1, -0.05) is 54.6 Å². The number of para-hydroxylation sites is 3. The van der Waals surface area contributed by atoms with Crippen LogP contribution in [-0.2, 0) is 0 Å². The van der Waals surface area contributed by atoms with Crippen LogP contribution < -0.4 is 19.0 Å². The maximum absolute atomic E-state index is 13.2. The summed E-state index contributed by atoms with van der Waals surface area (Å²) in [7, 11) is -3.59. The molecule has 0 spiro atoms. The Bertz CT molecular complexity index is 791. The Hall–Kier alpha value is -2.55. The van der Waals surface area contributed by atoms with Gasteiger partial charge in [-0.2, -0.15) is 5.09 Å². The molecule has 0 amide bonds. The Balaban J connectivity index is 1.80. The van der Waals surface area contributed by atoms with Gasteiger partial charge >= 0.3 is 8.09 Å². The quantitative estimate of drug-likeness (QED) is 0.715. The van der Waals surface area contributed by atoms with Crippen LogP contribution in [0.3, 0.4) is 0 Å². The summed E-state index contributed by atoms with van der Waals surface area (Å²) in [4.78, 5) is 13.2. The fraction of sp³-hybridized carbons (Fsp3) is 0. The second-order valence-electron chi connectivity index (χ2n) is 5.15. The molecule has 0 saturated carbocycles. The second kappa shape index (κ2) is 5.58. The van der Waals surface area contributed by atoms with Crippen molar-refractivity contribution in [2.75, 3.05) is 5.09 Å². The average molecular weight is 323 g/mol. The van der Waals surface area contributed by atoms with Gasteiger partial charge in [0, 0.05) is 11.1 Å². The number of hydrogen-bond donors (Lipinski definition) is 1. The van der Waals surface area contributed by atoms with Crippen molar-refractivity contribution in [2.45, 2.75) is 0 Å². The number of nitrogens with one attached hydrogen (secondary N) is 1. The summed E-state index contributed by atoms with van der Waals surface area (Å²) < 4.78 is 11.5. The fourth-order valence-corrected chi connectivity index (χ4v) is 3.96. The molecule has 114 valence electrons. The van der Waals surface area contributed by atoms with Gasteiger partial charge in [-0.15, -0.1) is 0 Å². The summed E-state index contributed by atoms with van der Waals surface area (Å²) in [5, 5.41) is 2.89. The van der Waals surface area contributed by atoms with Crippen molar-refractivity contribution in [3.63, 3.8) is 0 Å². The maximum atomic E-state index is 13.2. The first-order chi connectivity index (χ1) is 11.2. The summed E-state index contributed by atoms with van der Waals surface area (Å²) in [5.74, 6) is 1.06. The minimum Gasteiger partial charge on any atom is -0.597 e. The van der Waals surface area contributed by atoms with Crippen LogP contribution in [0.5, 0.6) is 11.5 Å². The van der Waals surface area contributed by atoms with E-state index in [1.54, 1.807) is 12.1 Å². The van der Waals surface area contributed by atoms with Gasteiger partial charge < -0.3 is 4.89 Å². The molecule has 0 aromatic heterocycles. The van der Waals surface area contributed by atoms with E-state index in [9.17, 15) is 4.89 Å². The third-order valence-corrected chi connectivity index (χ3v) is 4.95. The molecule has 5 heteroatoms. The standard InChI is InChI=1S/C18H14NO3P/c20-23(19-14-8-2-1-3-9-14)21-17-12-6-4-10-15(17)16-11-5-7-13-18(16)22-23/h1-13H,(H,19,20). The van der Waals surface area contributed by atoms with Crippen LogP contribution in [0, 0.1) is 0 Å². The van der Waals surface area contributed by atoms with Crippen molar-refractivity contribution in [3.05, 3.63) is 78.9 Å². The minimum absolute atomic E-state index is 0.532. The fourth-order valence-electron chi connectivity index (χ4n) is 2.53. The highest BCUT2D eigenvalue weighted by molar-refractivity contribution is 7.61. The molecule has 4 nitrogen and oxygen atoms in total. The first-order valence-corrected chi connectivity index (χ1v) is 8.79. The van der Waals surface area contributed by atoms with Crippen LogP contribution in [0.25, 0.3) is 11.1 Å². The van der Waals surface area contributed by atoms with Crippen molar-refractivity contribution in [3.8, 4) is 22.6 Å². The highest BCUT2D eigenvalue weighted by Crippen LogP contribution is 2.57. The highest BCUT2D eigenvalue weighted by Gasteiger charge is 2.38. The molecule has 0 radical (unpaired) electrons. The van der Waals surface area contributed by atoms with Crippen LogP contribution in [0.4, 0.5) is 5.69 Å². The summed E-state index contributed by atoms with van der Waals surface area (Å²) in [6, 6.07) is 24.2. The Morgan fingerprint density at radius 3 is 1.70 bits per heavy atom. The van der Waals surface area contributed by atoms with Crippen molar-refractivity contribution in [1.29, 1.82) is 0 Å². The zero-order chi connectivity index (χ0) is 15.7. The molecule has 4 rings (SSSR count). The normalized spacial score (nSPS) is 14.5. The lowest BCUT2D eigenvalue weighted by Gasteiger charge is -2.26. The molecule has 0 atom stereocenters. The lowest BCUT2D eigenvalue weighted by Crippen LogP contribution is -2.27. The van der Waals surface area contributed by atoms with Crippen LogP contribution in [0.1, 0.15) is 0 Å². The van der Waals surface area contributed by atoms with E-state index in [1.165, 1.54) is 0 Å². The molecule has 0 aliphatic carbocycles. The van der Waals surface area contributed by atoms with Crippen LogP contribution in [0.2, 0.25) is 0 Å².